The van der Waals surface area contributed by atoms with Crippen molar-refractivity contribution in [2.24, 2.45) is 5.92 Å². The molecule has 1 fully saturated rings. The highest BCUT2D eigenvalue weighted by Gasteiger charge is 2.43. The zero-order chi connectivity index (χ0) is 20.4. The van der Waals surface area contributed by atoms with E-state index in [0.29, 0.717) is 49.8 Å². The number of fused-ring (bicyclic) bond motifs is 1. The summed E-state index contributed by atoms with van der Waals surface area (Å²) in [6.07, 6.45) is 0.630. The number of halogens is 1. The Labute approximate surface area is 170 Å². The second-order valence-electron chi connectivity index (χ2n) is 7.38. The van der Waals surface area contributed by atoms with E-state index in [2.05, 4.69) is 5.32 Å². The van der Waals surface area contributed by atoms with Gasteiger partial charge in [0, 0.05) is 18.5 Å². The number of hydrogen-bond acceptors (Lipinski definition) is 5. The van der Waals surface area contributed by atoms with Crippen LogP contribution in [0.25, 0.3) is 0 Å². The number of hydrogen-bond donors (Lipinski definition) is 1. The van der Waals surface area contributed by atoms with Crippen molar-refractivity contribution >= 4 is 5.97 Å². The zero-order valence-electron chi connectivity index (χ0n) is 16.7. The first-order valence-corrected chi connectivity index (χ1v) is 10.2. The van der Waals surface area contributed by atoms with E-state index >= 15 is 0 Å². The molecule has 2 aromatic rings. The quantitative estimate of drug-likeness (QED) is 0.776. The topological polar surface area (TPSA) is 56.8 Å². The van der Waals surface area contributed by atoms with Crippen LogP contribution in [0.2, 0.25) is 0 Å². The molecule has 2 aromatic carbocycles. The molecule has 3 atom stereocenters. The third kappa shape index (κ3) is 3.81. The zero-order valence-corrected chi connectivity index (χ0v) is 16.7. The van der Waals surface area contributed by atoms with Crippen LogP contribution in [0.4, 0.5) is 4.39 Å². The van der Waals surface area contributed by atoms with Crippen LogP contribution in [0, 0.1) is 11.7 Å². The van der Waals surface area contributed by atoms with Gasteiger partial charge in [0.1, 0.15) is 19.0 Å². The molecule has 0 spiro atoms. The van der Waals surface area contributed by atoms with Gasteiger partial charge in [-0.3, -0.25) is 4.79 Å². The second kappa shape index (κ2) is 8.41. The number of carbonyl (C=O) groups is 1. The number of esters is 1. The first-order chi connectivity index (χ1) is 14.1. The summed E-state index contributed by atoms with van der Waals surface area (Å²) in [7, 11) is 0. The Morgan fingerprint density at radius 2 is 1.86 bits per heavy atom. The number of benzene rings is 2. The van der Waals surface area contributed by atoms with Crippen LogP contribution in [0.15, 0.2) is 36.4 Å². The highest BCUT2D eigenvalue weighted by atomic mass is 19.1. The van der Waals surface area contributed by atoms with Gasteiger partial charge in [-0.15, -0.1) is 0 Å². The van der Waals surface area contributed by atoms with Gasteiger partial charge >= 0.3 is 5.97 Å². The molecule has 0 amide bonds. The van der Waals surface area contributed by atoms with E-state index in [4.69, 9.17) is 14.2 Å². The Kier molecular flexibility index (Phi) is 5.72. The van der Waals surface area contributed by atoms with Crippen LogP contribution in [-0.4, -0.2) is 32.3 Å². The Balaban J connectivity index is 1.67. The molecular formula is C23H26FNO4. The van der Waals surface area contributed by atoms with E-state index in [1.807, 2.05) is 31.2 Å². The Hall–Kier alpha value is -2.60. The molecule has 1 saturated heterocycles. The average Bonchev–Trinajstić information content (AvgIpc) is 3.19. The fraction of sp³-hybridized carbons (Fsp3) is 0.435. The first-order valence-electron chi connectivity index (χ1n) is 10.2. The summed E-state index contributed by atoms with van der Waals surface area (Å²) in [6.45, 7) is 5.65. The third-order valence-electron chi connectivity index (χ3n) is 5.72. The number of aryl methyl sites for hydroxylation is 1. The van der Waals surface area contributed by atoms with Crippen molar-refractivity contribution in [3.63, 3.8) is 0 Å². The summed E-state index contributed by atoms with van der Waals surface area (Å²) in [5.41, 5.74) is 2.41. The highest BCUT2D eigenvalue weighted by molar-refractivity contribution is 5.76. The van der Waals surface area contributed by atoms with Crippen molar-refractivity contribution < 1.29 is 23.4 Å². The van der Waals surface area contributed by atoms with E-state index in [1.165, 1.54) is 6.07 Å². The predicted octanol–water partition coefficient (Wildman–Crippen LogP) is 3.77. The monoisotopic (exact) mass is 399 g/mol. The number of ether oxygens (including phenoxy) is 3. The normalized spacial score (nSPS) is 23.1. The molecule has 4 rings (SSSR count). The van der Waals surface area contributed by atoms with Crippen molar-refractivity contribution in [3.05, 3.63) is 58.9 Å². The molecule has 0 aliphatic carbocycles. The SMILES string of the molecule is CCOC(=O)[C@H]1[C@@H](c2ccc3c(c2)OCCO3)CN[C@H]1c1ccc(CC)c(F)c1. The summed E-state index contributed by atoms with van der Waals surface area (Å²) in [5.74, 6) is 0.332. The minimum absolute atomic E-state index is 0.108. The molecular weight excluding hydrogens is 373 g/mol. The maximum atomic E-state index is 14.4. The van der Waals surface area contributed by atoms with E-state index in [9.17, 15) is 9.18 Å². The fourth-order valence-electron chi connectivity index (χ4n) is 4.26. The van der Waals surface area contributed by atoms with Gasteiger partial charge in [-0.05, 0) is 48.2 Å². The summed E-state index contributed by atoms with van der Waals surface area (Å²) < 4.78 is 31.1. The molecule has 0 unspecified atom stereocenters. The molecule has 0 aromatic heterocycles. The van der Waals surface area contributed by atoms with Gasteiger partial charge in [0.05, 0.1) is 12.5 Å². The lowest BCUT2D eigenvalue weighted by molar-refractivity contribution is -0.148. The average molecular weight is 399 g/mol. The Morgan fingerprint density at radius 3 is 2.59 bits per heavy atom. The molecule has 29 heavy (non-hydrogen) atoms. The molecule has 5 nitrogen and oxygen atoms in total. The van der Waals surface area contributed by atoms with Crippen LogP contribution in [0.3, 0.4) is 0 Å². The predicted molar refractivity (Wildman–Crippen MR) is 107 cm³/mol. The van der Waals surface area contributed by atoms with E-state index in [0.717, 1.165) is 11.1 Å². The van der Waals surface area contributed by atoms with Crippen molar-refractivity contribution in [2.45, 2.75) is 32.2 Å². The summed E-state index contributed by atoms with van der Waals surface area (Å²) >= 11 is 0. The second-order valence-corrected chi connectivity index (χ2v) is 7.38. The van der Waals surface area contributed by atoms with Gasteiger partial charge in [0.15, 0.2) is 11.5 Å². The van der Waals surface area contributed by atoms with Crippen LogP contribution in [-0.2, 0) is 16.0 Å². The first kappa shape index (κ1) is 19.7. The van der Waals surface area contributed by atoms with Crippen LogP contribution in [0.5, 0.6) is 11.5 Å². The molecule has 6 heteroatoms. The summed E-state index contributed by atoms with van der Waals surface area (Å²) in [4.78, 5) is 12.9. The van der Waals surface area contributed by atoms with Gasteiger partial charge in [-0.2, -0.15) is 0 Å². The van der Waals surface area contributed by atoms with E-state index in [1.54, 1.807) is 13.0 Å². The van der Waals surface area contributed by atoms with Crippen molar-refractivity contribution in [3.8, 4) is 11.5 Å². The molecule has 2 aliphatic rings. The van der Waals surface area contributed by atoms with Gasteiger partial charge in [-0.1, -0.05) is 25.1 Å². The molecule has 1 N–H and O–H groups in total. The smallest absolute Gasteiger partial charge is 0.311 e. The Bertz CT molecular complexity index is 900. The van der Waals surface area contributed by atoms with E-state index < -0.39 is 5.92 Å². The molecule has 0 radical (unpaired) electrons. The lowest BCUT2D eigenvalue weighted by atomic mass is 9.82. The van der Waals surface area contributed by atoms with Crippen LogP contribution < -0.4 is 14.8 Å². The lowest BCUT2D eigenvalue weighted by Gasteiger charge is -2.25. The molecule has 154 valence electrons. The van der Waals surface area contributed by atoms with Gasteiger partial charge in [-0.25, -0.2) is 4.39 Å². The maximum Gasteiger partial charge on any atom is 0.311 e. The third-order valence-corrected chi connectivity index (χ3v) is 5.72. The minimum Gasteiger partial charge on any atom is -0.486 e. The number of nitrogens with one attached hydrogen (secondary N) is 1. The number of carbonyl (C=O) groups excluding carboxylic acids is 1. The lowest BCUT2D eigenvalue weighted by Crippen LogP contribution is -2.28. The highest BCUT2D eigenvalue weighted by Crippen LogP contribution is 2.43. The van der Waals surface area contributed by atoms with Gasteiger partial charge in [0.25, 0.3) is 0 Å². The summed E-state index contributed by atoms with van der Waals surface area (Å²) in [6, 6.07) is 10.7. The van der Waals surface area contributed by atoms with Gasteiger partial charge < -0.3 is 19.5 Å². The largest absolute Gasteiger partial charge is 0.486 e. The number of rotatable bonds is 5. The van der Waals surface area contributed by atoms with Gasteiger partial charge in [0.2, 0.25) is 0 Å². The Morgan fingerprint density at radius 1 is 1.10 bits per heavy atom. The van der Waals surface area contributed by atoms with Crippen molar-refractivity contribution in [1.29, 1.82) is 0 Å². The fourth-order valence-corrected chi connectivity index (χ4v) is 4.26. The molecule has 2 heterocycles. The van der Waals surface area contributed by atoms with E-state index in [-0.39, 0.29) is 23.7 Å². The van der Waals surface area contributed by atoms with Crippen molar-refractivity contribution in [2.75, 3.05) is 26.4 Å². The standard InChI is InChI=1S/C23H26FNO4/c1-3-14-5-6-16(11-18(14)24)22-21(23(26)27-4-2)17(13-25-22)15-7-8-19-20(12-15)29-10-9-28-19/h5-8,11-12,17,21-22,25H,3-4,9-10,13H2,1-2H3/t17-,21+,22+/m1/s1. The molecule has 2 aliphatic heterocycles. The minimum atomic E-state index is -0.454. The van der Waals surface area contributed by atoms with Crippen LogP contribution in [0.1, 0.15) is 42.5 Å². The summed E-state index contributed by atoms with van der Waals surface area (Å²) in [5, 5.41) is 3.42. The molecule has 0 bridgehead atoms. The van der Waals surface area contributed by atoms with Crippen molar-refractivity contribution in [1.82, 2.24) is 5.32 Å². The molecule has 0 saturated carbocycles. The van der Waals surface area contributed by atoms with Crippen LogP contribution >= 0.6 is 0 Å². The maximum absolute atomic E-state index is 14.4.